The largest absolute Gasteiger partial charge is 0.478 e. The molecule has 0 saturated carbocycles. The number of nitrogens with one attached hydrogen (secondary N) is 1. The van der Waals surface area contributed by atoms with E-state index in [2.05, 4.69) is 5.32 Å². The topological polar surface area (TPSA) is 101 Å². The smallest absolute Gasteiger partial charge is 0.337 e. The maximum Gasteiger partial charge on any atom is 0.337 e. The number of hydrogen-bond acceptors (Lipinski definition) is 4. The third kappa shape index (κ3) is 4.21. The fraction of sp³-hybridized carbons (Fsp3) is 0.333. The molecular weight excluding hydrogens is 306 g/mol. The minimum atomic E-state index is -3.90. The number of carboxylic acids is 1. The van der Waals surface area contributed by atoms with E-state index >= 15 is 0 Å². The zero-order valence-electron chi connectivity index (χ0n) is 10.7. The van der Waals surface area contributed by atoms with E-state index in [4.69, 9.17) is 16.7 Å². The van der Waals surface area contributed by atoms with E-state index in [1.165, 1.54) is 12.1 Å². The predicted octanol–water partition coefficient (Wildman–Crippen LogP) is 1.34. The fourth-order valence-electron chi connectivity index (χ4n) is 1.43. The Morgan fingerprint density at radius 1 is 1.35 bits per heavy atom. The molecule has 1 amide bonds. The monoisotopic (exact) mass is 319 g/mol. The van der Waals surface area contributed by atoms with Crippen molar-refractivity contribution in [2.24, 2.45) is 0 Å². The molecule has 0 unspecified atom stereocenters. The van der Waals surface area contributed by atoms with Crippen LogP contribution < -0.4 is 5.32 Å². The highest BCUT2D eigenvalue weighted by molar-refractivity contribution is 7.92. The van der Waals surface area contributed by atoms with Gasteiger partial charge in [-0.25, -0.2) is 13.2 Å². The number of halogens is 1. The van der Waals surface area contributed by atoms with Crippen molar-refractivity contribution >= 4 is 33.3 Å². The maximum atomic E-state index is 12.0. The summed E-state index contributed by atoms with van der Waals surface area (Å²) in [6.07, 6.45) is 0.690. The molecule has 2 N–H and O–H groups in total. The minimum Gasteiger partial charge on any atom is -0.478 e. The number of hydrogen-bond donors (Lipinski definition) is 2. The molecule has 0 aliphatic rings. The molecule has 0 aliphatic carbocycles. The molecule has 6 nitrogen and oxygen atoms in total. The van der Waals surface area contributed by atoms with Gasteiger partial charge in [-0.05, 0) is 24.6 Å². The van der Waals surface area contributed by atoms with Gasteiger partial charge in [0.2, 0.25) is 5.91 Å². The molecule has 0 bridgehead atoms. The molecule has 0 spiro atoms. The number of rotatable bonds is 6. The quantitative estimate of drug-likeness (QED) is 0.824. The zero-order chi connectivity index (χ0) is 15.3. The van der Waals surface area contributed by atoms with Crippen LogP contribution in [0.15, 0.2) is 23.1 Å². The lowest BCUT2D eigenvalue weighted by atomic mass is 10.2. The molecule has 1 aromatic carbocycles. The molecular formula is C12H14ClNO5S. The van der Waals surface area contributed by atoms with Crippen molar-refractivity contribution in [3.05, 3.63) is 28.8 Å². The van der Waals surface area contributed by atoms with E-state index in [1.54, 1.807) is 0 Å². The van der Waals surface area contributed by atoms with Crippen molar-refractivity contribution in [2.75, 3.05) is 12.3 Å². The molecule has 1 aromatic rings. The van der Waals surface area contributed by atoms with Crippen LogP contribution in [-0.2, 0) is 14.6 Å². The van der Waals surface area contributed by atoms with Crippen LogP contribution in [0.5, 0.6) is 0 Å². The van der Waals surface area contributed by atoms with Crippen molar-refractivity contribution in [1.29, 1.82) is 0 Å². The van der Waals surface area contributed by atoms with Crippen LogP contribution in [0.25, 0.3) is 0 Å². The number of carbonyl (C=O) groups excluding carboxylic acids is 1. The second-order valence-electron chi connectivity index (χ2n) is 4.06. The number of sulfone groups is 1. The van der Waals surface area contributed by atoms with E-state index in [0.717, 1.165) is 6.07 Å². The van der Waals surface area contributed by atoms with Crippen molar-refractivity contribution in [1.82, 2.24) is 5.32 Å². The van der Waals surface area contributed by atoms with E-state index in [9.17, 15) is 18.0 Å². The molecule has 0 fully saturated rings. The molecule has 8 heteroatoms. The Morgan fingerprint density at radius 3 is 2.55 bits per heavy atom. The summed E-state index contributed by atoms with van der Waals surface area (Å²) in [6.45, 7) is 2.22. The average molecular weight is 320 g/mol. The summed E-state index contributed by atoms with van der Waals surface area (Å²) in [7, 11) is -3.90. The third-order valence-corrected chi connectivity index (χ3v) is 4.36. The summed E-state index contributed by atoms with van der Waals surface area (Å²) in [5.41, 5.74) is -0.318. The minimum absolute atomic E-state index is 0.0631. The van der Waals surface area contributed by atoms with Gasteiger partial charge in [0.05, 0.1) is 15.5 Å². The summed E-state index contributed by atoms with van der Waals surface area (Å²) >= 11 is 5.66. The van der Waals surface area contributed by atoms with E-state index < -0.39 is 27.5 Å². The Balaban J connectivity index is 3.01. The molecule has 1 rings (SSSR count). The highest BCUT2D eigenvalue weighted by atomic mass is 35.5. The first-order valence-electron chi connectivity index (χ1n) is 5.80. The van der Waals surface area contributed by atoms with Crippen LogP contribution in [-0.4, -0.2) is 37.7 Å². The van der Waals surface area contributed by atoms with Gasteiger partial charge < -0.3 is 10.4 Å². The zero-order valence-corrected chi connectivity index (χ0v) is 12.3. The molecule has 0 aromatic heterocycles. The van der Waals surface area contributed by atoms with Crippen LogP contribution in [0.2, 0.25) is 5.02 Å². The van der Waals surface area contributed by atoms with Gasteiger partial charge in [-0.15, -0.1) is 0 Å². The Morgan fingerprint density at radius 2 is 2.00 bits per heavy atom. The maximum absolute atomic E-state index is 12.0. The number of benzene rings is 1. The van der Waals surface area contributed by atoms with Crippen molar-refractivity contribution < 1.29 is 23.1 Å². The second kappa shape index (κ2) is 6.71. The molecule has 110 valence electrons. The van der Waals surface area contributed by atoms with Crippen molar-refractivity contribution in [3.63, 3.8) is 0 Å². The lowest BCUT2D eigenvalue weighted by Gasteiger charge is -2.07. The van der Waals surface area contributed by atoms with Gasteiger partial charge in [0.25, 0.3) is 0 Å². The van der Waals surface area contributed by atoms with Gasteiger partial charge in [-0.3, -0.25) is 4.79 Å². The van der Waals surface area contributed by atoms with Gasteiger partial charge in [0.15, 0.2) is 9.84 Å². The molecule has 0 atom stereocenters. The summed E-state index contributed by atoms with van der Waals surface area (Å²) in [6, 6.07) is 3.31. The van der Waals surface area contributed by atoms with Crippen LogP contribution >= 0.6 is 11.6 Å². The summed E-state index contributed by atoms with van der Waals surface area (Å²) in [5, 5.41) is 11.3. The summed E-state index contributed by atoms with van der Waals surface area (Å²) in [5.74, 6) is -2.69. The van der Waals surface area contributed by atoms with E-state index in [-0.39, 0.29) is 15.5 Å². The highest BCUT2D eigenvalue weighted by Crippen LogP contribution is 2.21. The Hall–Kier alpha value is -1.60. The fourth-order valence-corrected chi connectivity index (χ4v) is 2.82. The van der Waals surface area contributed by atoms with Crippen LogP contribution in [0.4, 0.5) is 0 Å². The van der Waals surface area contributed by atoms with E-state index in [1.807, 2.05) is 6.92 Å². The van der Waals surface area contributed by atoms with Crippen LogP contribution in [0, 0.1) is 0 Å². The normalized spacial score (nSPS) is 11.1. The van der Waals surface area contributed by atoms with Gasteiger partial charge in [-0.1, -0.05) is 18.5 Å². The highest BCUT2D eigenvalue weighted by Gasteiger charge is 2.21. The van der Waals surface area contributed by atoms with Gasteiger partial charge in [0, 0.05) is 6.54 Å². The first kappa shape index (κ1) is 16.5. The number of amides is 1. The molecule has 0 heterocycles. The van der Waals surface area contributed by atoms with Gasteiger partial charge in [-0.2, -0.15) is 0 Å². The average Bonchev–Trinajstić information content (AvgIpc) is 2.35. The van der Waals surface area contributed by atoms with Crippen molar-refractivity contribution in [3.8, 4) is 0 Å². The van der Waals surface area contributed by atoms with Gasteiger partial charge in [0.1, 0.15) is 5.75 Å². The Bertz CT molecular complexity index is 627. The Labute approximate surface area is 121 Å². The lowest BCUT2D eigenvalue weighted by Crippen LogP contribution is -2.30. The standard InChI is InChI=1S/C12H14ClNO5S/c1-2-5-14-11(15)7-20(18,19)8-3-4-10(13)9(6-8)12(16)17/h3-4,6H,2,5,7H2,1H3,(H,14,15)(H,16,17). The lowest BCUT2D eigenvalue weighted by molar-refractivity contribution is -0.118. The third-order valence-electron chi connectivity index (χ3n) is 2.42. The van der Waals surface area contributed by atoms with Crippen LogP contribution in [0.3, 0.4) is 0 Å². The number of carbonyl (C=O) groups is 2. The number of carboxylic acid groups (broad SMARTS) is 1. The molecule has 0 radical (unpaired) electrons. The van der Waals surface area contributed by atoms with Crippen LogP contribution in [0.1, 0.15) is 23.7 Å². The Kier molecular flexibility index (Phi) is 5.52. The SMILES string of the molecule is CCCNC(=O)CS(=O)(=O)c1ccc(Cl)c(C(=O)O)c1. The first-order valence-corrected chi connectivity index (χ1v) is 7.83. The summed E-state index contributed by atoms with van der Waals surface area (Å²) < 4.78 is 24.0. The molecule has 0 aliphatic heterocycles. The second-order valence-corrected chi connectivity index (χ2v) is 6.45. The molecule has 20 heavy (non-hydrogen) atoms. The summed E-state index contributed by atoms with van der Waals surface area (Å²) in [4.78, 5) is 22.1. The first-order chi connectivity index (χ1) is 9.27. The predicted molar refractivity (Wildman–Crippen MR) is 73.8 cm³/mol. The van der Waals surface area contributed by atoms with Gasteiger partial charge >= 0.3 is 5.97 Å². The molecule has 0 saturated heterocycles. The van der Waals surface area contributed by atoms with Crippen molar-refractivity contribution in [2.45, 2.75) is 18.2 Å². The number of aromatic carboxylic acids is 1. The van der Waals surface area contributed by atoms with E-state index in [0.29, 0.717) is 13.0 Å².